The number of benzene rings is 1. The molecule has 0 saturated carbocycles. The minimum absolute atomic E-state index is 0.0103. The average Bonchev–Trinajstić information content (AvgIpc) is 3.25. The van der Waals surface area contributed by atoms with Gasteiger partial charge in [-0.05, 0) is 19.1 Å². The van der Waals surface area contributed by atoms with Crippen molar-refractivity contribution >= 4 is 38.2 Å². The van der Waals surface area contributed by atoms with Crippen molar-refractivity contribution in [2.24, 2.45) is 0 Å². The van der Waals surface area contributed by atoms with Crippen LogP contribution in [0.2, 0.25) is 0 Å². The van der Waals surface area contributed by atoms with E-state index in [-0.39, 0.29) is 22.2 Å². The number of aromatic amines is 1. The molecule has 1 aliphatic heterocycles. The lowest BCUT2D eigenvalue weighted by molar-refractivity contribution is -0.194. The molecular weight excluding hydrogens is 491 g/mol. The number of alkyl halides is 3. The van der Waals surface area contributed by atoms with E-state index in [4.69, 9.17) is 5.73 Å². The molecule has 33 heavy (non-hydrogen) atoms. The Kier molecular flexibility index (Phi) is 4.95. The van der Waals surface area contributed by atoms with Gasteiger partial charge in [0.25, 0.3) is 21.5 Å². The fourth-order valence-corrected chi connectivity index (χ4v) is 5.37. The number of fused-ring (bicyclic) bond motifs is 1. The number of sulfonamides is 1. The number of amides is 1. The van der Waals surface area contributed by atoms with Gasteiger partial charge in [0.1, 0.15) is 5.82 Å². The number of halogens is 3. The number of nitrogens with two attached hydrogens (primary N) is 1. The van der Waals surface area contributed by atoms with Gasteiger partial charge in [-0.1, -0.05) is 29.0 Å². The highest BCUT2D eigenvalue weighted by Crippen LogP contribution is 2.46. The molecule has 1 atom stereocenters. The summed E-state index contributed by atoms with van der Waals surface area (Å²) in [5.74, 6) is -2.78. The monoisotopic (exact) mass is 503 g/mol. The van der Waals surface area contributed by atoms with E-state index in [0.29, 0.717) is 4.57 Å². The van der Waals surface area contributed by atoms with E-state index >= 15 is 0 Å². The molecule has 1 amide bonds. The highest BCUT2D eigenvalue weighted by atomic mass is 32.2. The van der Waals surface area contributed by atoms with Gasteiger partial charge in [0.05, 0.1) is 11.3 Å². The Balaban J connectivity index is 2.03. The van der Waals surface area contributed by atoms with E-state index in [2.05, 4.69) is 10.2 Å². The van der Waals surface area contributed by atoms with Crippen LogP contribution >= 0.6 is 11.3 Å². The topological polar surface area (TPSA) is 182 Å². The van der Waals surface area contributed by atoms with E-state index in [0.717, 1.165) is 5.56 Å². The Labute approximate surface area is 185 Å². The Morgan fingerprint density at radius 1 is 1.15 bits per heavy atom. The molecule has 12 nitrogen and oxygen atoms in total. The van der Waals surface area contributed by atoms with E-state index in [1.165, 1.54) is 29.0 Å². The van der Waals surface area contributed by atoms with Gasteiger partial charge < -0.3 is 11.1 Å². The average molecular weight is 503 g/mol. The minimum Gasteiger partial charge on any atom is -0.374 e. The fourth-order valence-electron chi connectivity index (χ4n) is 3.26. The summed E-state index contributed by atoms with van der Waals surface area (Å²) < 4.78 is 69.4. The van der Waals surface area contributed by atoms with Crippen LogP contribution in [-0.4, -0.2) is 40.2 Å². The van der Waals surface area contributed by atoms with Gasteiger partial charge in [0, 0.05) is 0 Å². The summed E-state index contributed by atoms with van der Waals surface area (Å²) in [7, 11) is -5.16. The second-order valence-corrected chi connectivity index (χ2v) is 9.73. The molecule has 17 heteroatoms. The summed E-state index contributed by atoms with van der Waals surface area (Å²) in [5.41, 5.74) is -2.14. The number of carbonyl (C=O) groups excluding carboxylic acids is 1. The zero-order valence-corrected chi connectivity index (χ0v) is 17.9. The fraction of sp³-hybridized carbons (Fsp3) is 0.188. The largest absolute Gasteiger partial charge is 0.421 e. The zero-order chi connectivity index (χ0) is 24.3. The number of H-pyrrole nitrogens is 1. The number of nitrogen functional groups attached to an aromatic ring is 1. The number of aryl methyl sites for hydroxylation is 1. The van der Waals surface area contributed by atoms with Crippen LogP contribution in [0.3, 0.4) is 0 Å². The van der Waals surface area contributed by atoms with Crippen LogP contribution in [0.5, 0.6) is 0 Å². The molecule has 4 rings (SSSR count). The number of anilines is 2. The molecule has 1 aromatic carbocycles. The van der Waals surface area contributed by atoms with E-state index in [1.807, 2.05) is 5.32 Å². The maximum absolute atomic E-state index is 14.4. The first-order chi connectivity index (χ1) is 15.3. The van der Waals surface area contributed by atoms with Crippen molar-refractivity contribution in [1.82, 2.24) is 24.5 Å². The number of hydrogen-bond donors (Lipinski definition) is 4. The summed E-state index contributed by atoms with van der Waals surface area (Å²) in [6, 6.07) is 5.80. The summed E-state index contributed by atoms with van der Waals surface area (Å²) in [4.78, 5) is 39.5. The minimum atomic E-state index is -5.66. The van der Waals surface area contributed by atoms with Crippen LogP contribution in [0.25, 0.3) is 5.69 Å². The molecule has 0 aliphatic carbocycles. The highest BCUT2D eigenvalue weighted by molar-refractivity contribution is 7.91. The second kappa shape index (κ2) is 7.22. The third-order valence-corrected chi connectivity index (χ3v) is 7.29. The number of rotatable bonds is 4. The van der Waals surface area contributed by atoms with E-state index in [1.54, 1.807) is 11.9 Å². The van der Waals surface area contributed by atoms with Crippen molar-refractivity contribution in [1.29, 1.82) is 0 Å². The van der Waals surface area contributed by atoms with Crippen LogP contribution in [0.4, 0.5) is 24.1 Å². The Bertz CT molecular complexity index is 1510. The van der Waals surface area contributed by atoms with Crippen LogP contribution in [0.15, 0.2) is 38.2 Å². The third kappa shape index (κ3) is 3.40. The molecule has 3 aromatic rings. The van der Waals surface area contributed by atoms with Crippen LogP contribution in [0, 0.1) is 6.92 Å². The van der Waals surface area contributed by atoms with E-state index < -0.39 is 54.6 Å². The molecular formula is C16H12F3N7O5S2. The predicted molar refractivity (Wildman–Crippen MR) is 108 cm³/mol. The maximum Gasteiger partial charge on any atom is 0.421 e. The SMILES string of the molecule is Cc1ccc(-n2c3c(c(=O)[nH]c2=O)C(NS(=O)(=O)c2nnc(N)s2)(C(F)(F)F)C(=O)N3)cc1. The molecule has 0 radical (unpaired) electrons. The molecule has 3 heterocycles. The van der Waals surface area contributed by atoms with Crippen LogP contribution in [0.1, 0.15) is 11.1 Å². The smallest absolute Gasteiger partial charge is 0.374 e. The van der Waals surface area contributed by atoms with Crippen LogP contribution in [-0.2, 0) is 20.4 Å². The second-order valence-electron chi connectivity index (χ2n) is 6.87. The number of carbonyl (C=O) groups is 1. The van der Waals surface area contributed by atoms with Crippen molar-refractivity contribution in [3.8, 4) is 5.69 Å². The maximum atomic E-state index is 14.4. The molecule has 174 valence electrons. The third-order valence-electron chi connectivity index (χ3n) is 4.72. The molecule has 5 N–H and O–H groups in total. The van der Waals surface area contributed by atoms with Gasteiger partial charge in [-0.3, -0.25) is 14.6 Å². The molecule has 0 fully saturated rings. The normalized spacial score (nSPS) is 18.2. The van der Waals surface area contributed by atoms with Crippen molar-refractivity contribution < 1.29 is 26.4 Å². The Hall–Kier alpha value is -3.57. The first-order valence-electron chi connectivity index (χ1n) is 8.76. The number of nitrogens with one attached hydrogen (secondary N) is 3. The molecule has 1 unspecified atom stereocenters. The summed E-state index contributed by atoms with van der Waals surface area (Å²) >= 11 is 0.243. The van der Waals surface area contributed by atoms with Gasteiger partial charge in [0.2, 0.25) is 15.0 Å². The molecule has 2 aromatic heterocycles. The zero-order valence-electron chi connectivity index (χ0n) is 16.2. The van der Waals surface area contributed by atoms with Crippen molar-refractivity contribution in [2.75, 3.05) is 11.1 Å². The first kappa shape index (κ1) is 22.6. The summed E-state index contributed by atoms with van der Waals surface area (Å²) in [5, 5.41) is 7.89. The highest BCUT2D eigenvalue weighted by Gasteiger charge is 2.69. The van der Waals surface area contributed by atoms with Crippen molar-refractivity contribution in [2.45, 2.75) is 23.0 Å². The van der Waals surface area contributed by atoms with Gasteiger partial charge in [-0.15, -0.1) is 10.2 Å². The summed E-state index contributed by atoms with van der Waals surface area (Å²) in [6.45, 7) is 1.72. The lowest BCUT2D eigenvalue weighted by atomic mass is 9.93. The Morgan fingerprint density at radius 2 is 1.79 bits per heavy atom. The number of nitrogens with zero attached hydrogens (tertiary/aromatic N) is 3. The molecule has 1 aliphatic rings. The number of hydrogen-bond acceptors (Lipinski definition) is 9. The van der Waals surface area contributed by atoms with Gasteiger partial charge in [-0.25, -0.2) is 17.8 Å². The number of aromatic nitrogens is 4. The predicted octanol–water partition coefficient (Wildman–Crippen LogP) is -0.0439. The van der Waals surface area contributed by atoms with Crippen LogP contribution < -0.4 is 27.0 Å². The van der Waals surface area contributed by atoms with Crippen molar-refractivity contribution in [3.63, 3.8) is 0 Å². The summed E-state index contributed by atoms with van der Waals surface area (Å²) in [6.07, 6.45) is -5.66. The lowest BCUT2D eigenvalue weighted by Crippen LogP contribution is -2.61. The molecule has 0 saturated heterocycles. The molecule has 0 spiro atoms. The Morgan fingerprint density at radius 3 is 2.33 bits per heavy atom. The van der Waals surface area contributed by atoms with Gasteiger partial charge in [-0.2, -0.15) is 17.9 Å². The van der Waals surface area contributed by atoms with Crippen molar-refractivity contribution in [3.05, 3.63) is 56.2 Å². The first-order valence-corrected chi connectivity index (χ1v) is 11.1. The lowest BCUT2D eigenvalue weighted by Gasteiger charge is -2.29. The quantitative estimate of drug-likeness (QED) is 0.382. The van der Waals surface area contributed by atoms with E-state index in [9.17, 15) is 36.0 Å². The van der Waals surface area contributed by atoms with Gasteiger partial charge >= 0.3 is 11.9 Å². The van der Waals surface area contributed by atoms with Gasteiger partial charge in [0.15, 0.2) is 0 Å². The standard InChI is InChI=1S/C16H12F3N7O5S2/c1-6-2-4-7(5-3-6)26-9-8(10(27)22-13(26)29)15(11(28)21-9,16(17,18)19)25-33(30,31)14-24-23-12(20)32-14/h2-5,25H,1H3,(H2,20,23)(H,21,28)(H,22,27,29). The molecule has 0 bridgehead atoms.